The van der Waals surface area contributed by atoms with Gasteiger partial charge < -0.3 is 10.6 Å². The molecule has 0 bridgehead atoms. The maximum atomic E-state index is 11.6. The summed E-state index contributed by atoms with van der Waals surface area (Å²) in [6.45, 7) is 4.26. The summed E-state index contributed by atoms with van der Waals surface area (Å²) in [6, 6.07) is 8.69. The molecule has 0 radical (unpaired) electrons. The summed E-state index contributed by atoms with van der Waals surface area (Å²) in [5.41, 5.74) is 7.91. The average Bonchev–Trinajstić information content (AvgIpc) is 2.36. The van der Waals surface area contributed by atoms with E-state index in [1.807, 2.05) is 7.05 Å². The summed E-state index contributed by atoms with van der Waals surface area (Å²) in [4.78, 5) is 13.3. The van der Waals surface area contributed by atoms with E-state index < -0.39 is 0 Å². The molecule has 0 aliphatic rings. The van der Waals surface area contributed by atoms with E-state index in [0.717, 1.165) is 12.8 Å². The van der Waals surface area contributed by atoms with Crippen molar-refractivity contribution in [2.45, 2.75) is 32.7 Å². The summed E-state index contributed by atoms with van der Waals surface area (Å²) in [6.07, 6.45) is 1.83. The smallest absolute Gasteiger partial charge is 0.236 e. The monoisotopic (exact) mass is 270 g/mol. The SMILES string of the molecule is CCC(Cc1ccc(C)cc1)N(C)C(=O)CN.Cl. The van der Waals surface area contributed by atoms with E-state index in [1.54, 1.807) is 4.90 Å². The van der Waals surface area contributed by atoms with Crippen LogP contribution in [0.5, 0.6) is 0 Å². The lowest BCUT2D eigenvalue weighted by molar-refractivity contribution is -0.130. The van der Waals surface area contributed by atoms with Crippen LogP contribution in [0, 0.1) is 6.92 Å². The lowest BCUT2D eigenvalue weighted by atomic mass is 10.0. The second-order valence-corrected chi connectivity index (χ2v) is 4.46. The summed E-state index contributed by atoms with van der Waals surface area (Å²) in [5, 5.41) is 0. The third kappa shape index (κ3) is 4.67. The number of amides is 1. The first kappa shape index (κ1) is 16.9. The van der Waals surface area contributed by atoms with Gasteiger partial charge in [0.15, 0.2) is 0 Å². The van der Waals surface area contributed by atoms with Crippen molar-refractivity contribution in [3.05, 3.63) is 35.4 Å². The van der Waals surface area contributed by atoms with Crippen molar-refractivity contribution in [1.82, 2.24) is 4.90 Å². The topological polar surface area (TPSA) is 46.3 Å². The van der Waals surface area contributed by atoms with Crippen LogP contribution in [-0.4, -0.2) is 30.4 Å². The molecule has 1 rings (SSSR count). The zero-order valence-electron chi connectivity index (χ0n) is 11.3. The number of nitrogens with two attached hydrogens (primary N) is 1. The van der Waals surface area contributed by atoms with Crippen LogP contribution in [0.4, 0.5) is 0 Å². The van der Waals surface area contributed by atoms with Gasteiger partial charge in [-0.3, -0.25) is 4.79 Å². The molecule has 0 heterocycles. The predicted octanol–water partition coefficient (Wildman–Crippen LogP) is 2.16. The Hall–Kier alpha value is -1.06. The van der Waals surface area contributed by atoms with Crippen LogP contribution in [0.15, 0.2) is 24.3 Å². The fourth-order valence-corrected chi connectivity index (χ4v) is 1.90. The van der Waals surface area contributed by atoms with Crippen molar-refractivity contribution in [2.75, 3.05) is 13.6 Å². The number of aryl methyl sites for hydroxylation is 1. The highest BCUT2D eigenvalue weighted by molar-refractivity contribution is 5.85. The van der Waals surface area contributed by atoms with Gasteiger partial charge in [0.2, 0.25) is 5.91 Å². The largest absolute Gasteiger partial charge is 0.341 e. The van der Waals surface area contributed by atoms with Gasteiger partial charge in [0.05, 0.1) is 6.54 Å². The Morgan fingerprint density at radius 3 is 2.33 bits per heavy atom. The van der Waals surface area contributed by atoms with E-state index in [0.29, 0.717) is 0 Å². The minimum absolute atomic E-state index is 0. The summed E-state index contributed by atoms with van der Waals surface area (Å²) < 4.78 is 0. The molecule has 2 N–H and O–H groups in total. The van der Waals surface area contributed by atoms with Gasteiger partial charge >= 0.3 is 0 Å². The zero-order chi connectivity index (χ0) is 12.8. The standard InChI is InChI=1S/C14H22N2O.ClH/c1-4-13(16(3)14(17)10-15)9-12-7-5-11(2)6-8-12;/h5-8,13H,4,9-10,15H2,1-3H3;1H. The summed E-state index contributed by atoms with van der Waals surface area (Å²) in [5.74, 6) is 0.00367. The Bertz CT molecular complexity index is 365. The molecule has 0 fully saturated rings. The van der Waals surface area contributed by atoms with Gasteiger partial charge in [0, 0.05) is 13.1 Å². The first-order chi connectivity index (χ1) is 8.08. The van der Waals surface area contributed by atoms with Crippen LogP contribution in [0.2, 0.25) is 0 Å². The summed E-state index contributed by atoms with van der Waals surface area (Å²) in [7, 11) is 1.83. The maximum Gasteiger partial charge on any atom is 0.236 e. The van der Waals surface area contributed by atoms with Gasteiger partial charge in [-0.2, -0.15) is 0 Å². The van der Waals surface area contributed by atoms with Crippen molar-refractivity contribution < 1.29 is 4.79 Å². The van der Waals surface area contributed by atoms with Gasteiger partial charge in [0.1, 0.15) is 0 Å². The van der Waals surface area contributed by atoms with Crippen LogP contribution in [0.1, 0.15) is 24.5 Å². The number of nitrogens with zero attached hydrogens (tertiary/aromatic N) is 1. The third-order valence-corrected chi connectivity index (χ3v) is 3.18. The van der Waals surface area contributed by atoms with Gasteiger partial charge in [-0.15, -0.1) is 12.4 Å². The van der Waals surface area contributed by atoms with Gasteiger partial charge in [-0.25, -0.2) is 0 Å². The van der Waals surface area contributed by atoms with E-state index in [1.165, 1.54) is 11.1 Å². The fraction of sp³-hybridized carbons (Fsp3) is 0.500. The first-order valence-electron chi connectivity index (χ1n) is 6.09. The molecule has 1 aromatic carbocycles. The average molecular weight is 271 g/mol. The highest BCUT2D eigenvalue weighted by atomic mass is 35.5. The van der Waals surface area contributed by atoms with Crippen molar-refractivity contribution in [1.29, 1.82) is 0 Å². The molecule has 1 aromatic rings. The predicted molar refractivity (Wildman–Crippen MR) is 78.0 cm³/mol. The molecular weight excluding hydrogens is 248 g/mol. The molecule has 4 heteroatoms. The van der Waals surface area contributed by atoms with Crippen molar-refractivity contribution in [2.24, 2.45) is 5.73 Å². The first-order valence-corrected chi connectivity index (χ1v) is 6.09. The van der Waals surface area contributed by atoms with E-state index >= 15 is 0 Å². The van der Waals surface area contributed by atoms with Crippen molar-refractivity contribution >= 4 is 18.3 Å². The highest BCUT2D eigenvalue weighted by Gasteiger charge is 2.17. The number of rotatable bonds is 5. The molecule has 0 saturated carbocycles. The van der Waals surface area contributed by atoms with Gasteiger partial charge in [0.25, 0.3) is 0 Å². The minimum Gasteiger partial charge on any atom is -0.341 e. The van der Waals surface area contributed by atoms with Crippen LogP contribution in [-0.2, 0) is 11.2 Å². The number of hydrogen-bond acceptors (Lipinski definition) is 2. The Kier molecular flexibility index (Phi) is 7.64. The van der Waals surface area contributed by atoms with E-state index in [9.17, 15) is 4.79 Å². The lowest BCUT2D eigenvalue weighted by Crippen LogP contribution is -2.41. The molecule has 0 aliphatic heterocycles. The highest BCUT2D eigenvalue weighted by Crippen LogP contribution is 2.12. The molecule has 1 unspecified atom stereocenters. The molecular formula is C14H23ClN2O. The normalized spacial score (nSPS) is 11.6. The second-order valence-electron chi connectivity index (χ2n) is 4.46. The third-order valence-electron chi connectivity index (χ3n) is 3.18. The molecule has 0 spiro atoms. The van der Waals surface area contributed by atoms with Gasteiger partial charge in [-0.05, 0) is 25.3 Å². The maximum absolute atomic E-state index is 11.6. The second kappa shape index (κ2) is 8.11. The van der Waals surface area contributed by atoms with E-state index in [-0.39, 0.29) is 30.9 Å². The molecule has 3 nitrogen and oxygen atoms in total. The number of hydrogen-bond donors (Lipinski definition) is 1. The van der Waals surface area contributed by atoms with Crippen LogP contribution < -0.4 is 5.73 Å². The fourth-order valence-electron chi connectivity index (χ4n) is 1.90. The number of halogens is 1. The van der Waals surface area contributed by atoms with Crippen molar-refractivity contribution in [3.63, 3.8) is 0 Å². The zero-order valence-corrected chi connectivity index (χ0v) is 12.2. The summed E-state index contributed by atoms with van der Waals surface area (Å²) >= 11 is 0. The Morgan fingerprint density at radius 1 is 1.33 bits per heavy atom. The molecule has 0 saturated heterocycles. The van der Waals surface area contributed by atoms with Crippen LogP contribution >= 0.6 is 12.4 Å². The Morgan fingerprint density at radius 2 is 1.89 bits per heavy atom. The number of benzene rings is 1. The lowest BCUT2D eigenvalue weighted by Gasteiger charge is -2.27. The van der Waals surface area contributed by atoms with E-state index in [2.05, 4.69) is 38.1 Å². The Balaban J connectivity index is 0.00000289. The quantitative estimate of drug-likeness (QED) is 0.891. The van der Waals surface area contributed by atoms with Crippen molar-refractivity contribution in [3.8, 4) is 0 Å². The number of likely N-dealkylation sites (N-methyl/N-ethyl adjacent to an activating group) is 1. The van der Waals surface area contributed by atoms with Crippen LogP contribution in [0.25, 0.3) is 0 Å². The molecule has 0 aromatic heterocycles. The molecule has 18 heavy (non-hydrogen) atoms. The Labute approximate surface area is 116 Å². The minimum atomic E-state index is 0. The molecule has 102 valence electrons. The van der Waals surface area contributed by atoms with Crippen LogP contribution in [0.3, 0.4) is 0 Å². The van der Waals surface area contributed by atoms with E-state index in [4.69, 9.17) is 5.73 Å². The van der Waals surface area contributed by atoms with Gasteiger partial charge in [-0.1, -0.05) is 36.8 Å². The number of carbonyl (C=O) groups excluding carboxylic acids is 1. The number of carbonyl (C=O) groups is 1. The molecule has 1 atom stereocenters. The molecule has 1 amide bonds. The molecule has 0 aliphatic carbocycles.